The quantitative estimate of drug-likeness (QED) is 0.323. The van der Waals surface area contributed by atoms with E-state index >= 15 is 0 Å². The fourth-order valence-corrected chi connectivity index (χ4v) is 4.33. The van der Waals surface area contributed by atoms with E-state index in [-0.39, 0.29) is 18.3 Å². The van der Waals surface area contributed by atoms with Gasteiger partial charge in [-0.25, -0.2) is 0 Å². The van der Waals surface area contributed by atoms with Gasteiger partial charge in [0.15, 0.2) is 5.78 Å². The van der Waals surface area contributed by atoms with Crippen LogP contribution in [0.4, 0.5) is 0 Å². The molecule has 0 aliphatic carbocycles. The number of nitrogens with one attached hydrogen (secondary N) is 1. The third kappa shape index (κ3) is 5.98. The van der Waals surface area contributed by atoms with E-state index in [1.165, 1.54) is 11.3 Å². The van der Waals surface area contributed by atoms with Crippen LogP contribution in [-0.4, -0.2) is 25.4 Å². The number of thiophene rings is 1. The summed E-state index contributed by atoms with van der Waals surface area (Å²) in [7, 11) is 1.62. The first-order valence-electron chi connectivity index (χ1n) is 10.9. The number of hydrogen-bond acceptors (Lipinski definition) is 5. The molecule has 34 heavy (non-hydrogen) atoms. The number of carbonyl (C=O) groups is 2. The van der Waals surface area contributed by atoms with E-state index < -0.39 is 6.04 Å². The third-order valence-electron chi connectivity index (χ3n) is 5.33. The number of ether oxygens (including phenoxy) is 2. The van der Waals surface area contributed by atoms with Crippen LogP contribution in [0.3, 0.4) is 0 Å². The highest BCUT2D eigenvalue weighted by Gasteiger charge is 2.24. The van der Waals surface area contributed by atoms with Gasteiger partial charge in [-0.15, -0.1) is 11.3 Å². The molecule has 4 aromatic rings. The lowest BCUT2D eigenvalue weighted by molar-refractivity contribution is -0.126. The molecule has 0 aliphatic heterocycles. The number of carbonyl (C=O) groups excluding carboxylic acids is 2. The van der Waals surface area contributed by atoms with Crippen LogP contribution in [0.1, 0.15) is 26.8 Å². The van der Waals surface area contributed by atoms with E-state index in [9.17, 15) is 9.59 Å². The van der Waals surface area contributed by atoms with Gasteiger partial charge in [-0.1, -0.05) is 72.8 Å². The standard InChI is InChI=1S/C28H25NO4S/c1-32-24-14-12-21(13-15-24)23-16-26(34-19-23)28(31)29-27(22-10-6-3-7-11-22)25(30)18-33-17-20-8-4-2-5-9-20/h2-16,19,27H,17-18H2,1H3,(H,29,31). The molecular weight excluding hydrogens is 446 g/mol. The Morgan fingerprint density at radius 1 is 0.882 bits per heavy atom. The van der Waals surface area contributed by atoms with Crippen LogP contribution in [0.5, 0.6) is 5.75 Å². The highest BCUT2D eigenvalue weighted by molar-refractivity contribution is 7.12. The van der Waals surface area contributed by atoms with Gasteiger partial charge in [0.25, 0.3) is 5.91 Å². The second kappa shape index (κ2) is 11.4. The Labute approximate surface area is 203 Å². The van der Waals surface area contributed by atoms with Crippen molar-refractivity contribution in [2.45, 2.75) is 12.6 Å². The lowest BCUT2D eigenvalue weighted by Gasteiger charge is -2.18. The maximum Gasteiger partial charge on any atom is 0.262 e. The molecule has 5 nitrogen and oxygen atoms in total. The van der Waals surface area contributed by atoms with Crippen LogP contribution in [-0.2, 0) is 16.1 Å². The van der Waals surface area contributed by atoms with Gasteiger partial charge < -0.3 is 14.8 Å². The van der Waals surface area contributed by atoms with E-state index in [4.69, 9.17) is 9.47 Å². The molecule has 1 atom stereocenters. The third-order valence-corrected chi connectivity index (χ3v) is 6.26. The van der Waals surface area contributed by atoms with Gasteiger partial charge in [0.1, 0.15) is 18.4 Å². The van der Waals surface area contributed by atoms with Crippen molar-refractivity contribution in [1.82, 2.24) is 5.32 Å². The van der Waals surface area contributed by atoms with E-state index in [0.29, 0.717) is 11.5 Å². The van der Waals surface area contributed by atoms with E-state index in [0.717, 1.165) is 28.0 Å². The van der Waals surface area contributed by atoms with Crippen molar-refractivity contribution in [2.24, 2.45) is 0 Å². The molecule has 1 heterocycles. The molecule has 1 amide bonds. The molecule has 1 unspecified atom stereocenters. The predicted molar refractivity (Wildman–Crippen MR) is 134 cm³/mol. The number of Topliss-reactive ketones (excluding diaryl/α,β-unsaturated/α-hetero) is 1. The molecule has 1 aromatic heterocycles. The van der Waals surface area contributed by atoms with Gasteiger partial charge in [0.2, 0.25) is 0 Å². The average Bonchev–Trinajstić information content (AvgIpc) is 3.39. The summed E-state index contributed by atoms with van der Waals surface area (Å²) in [5.41, 5.74) is 3.63. The largest absolute Gasteiger partial charge is 0.497 e. The van der Waals surface area contributed by atoms with Crippen molar-refractivity contribution in [3.63, 3.8) is 0 Å². The molecule has 172 valence electrons. The Morgan fingerprint density at radius 2 is 1.56 bits per heavy atom. The number of ketones is 1. The molecule has 0 saturated heterocycles. The van der Waals surface area contributed by atoms with Crippen molar-refractivity contribution >= 4 is 23.0 Å². The van der Waals surface area contributed by atoms with Crippen molar-refractivity contribution in [1.29, 1.82) is 0 Å². The first kappa shape index (κ1) is 23.4. The van der Waals surface area contributed by atoms with Gasteiger partial charge in [-0.05, 0) is 45.8 Å². The van der Waals surface area contributed by atoms with Crippen LogP contribution >= 0.6 is 11.3 Å². The molecule has 3 aromatic carbocycles. The minimum Gasteiger partial charge on any atom is -0.497 e. The Morgan fingerprint density at radius 3 is 2.24 bits per heavy atom. The Bertz CT molecular complexity index is 1220. The molecule has 0 bridgehead atoms. The topological polar surface area (TPSA) is 64.6 Å². The van der Waals surface area contributed by atoms with Crippen LogP contribution in [0, 0.1) is 0 Å². The van der Waals surface area contributed by atoms with Gasteiger partial charge in [0.05, 0.1) is 18.6 Å². The highest BCUT2D eigenvalue weighted by Crippen LogP contribution is 2.28. The Hall–Kier alpha value is -3.74. The Kier molecular flexibility index (Phi) is 7.86. The SMILES string of the molecule is COc1ccc(-c2csc(C(=O)NC(C(=O)COCc3ccccc3)c3ccccc3)c2)cc1. The summed E-state index contributed by atoms with van der Waals surface area (Å²) in [6.07, 6.45) is 0. The van der Waals surface area contributed by atoms with Crippen molar-refractivity contribution < 1.29 is 19.1 Å². The lowest BCUT2D eigenvalue weighted by Crippen LogP contribution is -2.35. The Balaban J connectivity index is 1.45. The number of methoxy groups -OCH3 is 1. The highest BCUT2D eigenvalue weighted by atomic mass is 32.1. The summed E-state index contributed by atoms with van der Waals surface area (Å²) < 4.78 is 10.8. The first-order chi connectivity index (χ1) is 16.6. The maximum atomic E-state index is 13.1. The van der Waals surface area contributed by atoms with Crippen molar-refractivity contribution in [2.75, 3.05) is 13.7 Å². The molecule has 0 radical (unpaired) electrons. The molecule has 6 heteroatoms. The van der Waals surface area contributed by atoms with E-state index in [2.05, 4.69) is 5.32 Å². The van der Waals surface area contributed by atoms with Crippen molar-refractivity contribution in [3.05, 3.63) is 112 Å². The number of hydrogen-bond donors (Lipinski definition) is 1. The second-order valence-electron chi connectivity index (χ2n) is 7.69. The predicted octanol–water partition coefficient (Wildman–Crippen LogP) is 5.68. The molecule has 4 rings (SSSR count). The van der Waals surface area contributed by atoms with Crippen LogP contribution in [0.2, 0.25) is 0 Å². The molecule has 1 N–H and O–H groups in total. The van der Waals surface area contributed by atoms with E-state index in [1.807, 2.05) is 96.4 Å². The zero-order chi connectivity index (χ0) is 23.8. The van der Waals surface area contributed by atoms with Crippen molar-refractivity contribution in [3.8, 4) is 16.9 Å². The zero-order valence-electron chi connectivity index (χ0n) is 18.8. The van der Waals surface area contributed by atoms with Gasteiger partial charge >= 0.3 is 0 Å². The number of amides is 1. The summed E-state index contributed by atoms with van der Waals surface area (Å²) in [6, 6.07) is 27.6. The van der Waals surface area contributed by atoms with Crippen LogP contribution in [0.25, 0.3) is 11.1 Å². The van der Waals surface area contributed by atoms with Gasteiger partial charge in [0, 0.05) is 0 Å². The normalized spacial score (nSPS) is 11.6. The lowest BCUT2D eigenvalue weighted by atomic mass is 10.0. The smallest absolute Gasteiger partial charge is 0.262 e. The summed E-state index contributed by atoms with van der Waals surface area (Å²) in [5.74, 6) is 0.271. The zero-order valence-corrected chi connectivity index (χ0v) is 19.6. The maximum absolute atomic E-state index is 13.1. The van der Waals surface area contributed by atoms with Crippen LogP contribution < -0.4 is 10.1 Å². The fourth-order valence-electron chi connectivity index (χ4n) is 3.51. The molecular formula is C28H25NO4S. The minimum atomic E-state index is -0.795. The van der Waals surface area contributed by atoms with Gasteiger partial charge in [-0.3, -0.25) is 9.59 Å². The minimum absolute atomic E-state index is 0.101. The summed E-state index contributed by atoms with van der Waals surface area (Å²) >= 11 is 1.34. The number of rotatable bonds is 10. The summed E-state index contributed by atoms with van der Waals surface area (Å²) in [6.45, 7) is 0.231. The average molecular weight is 472 g/mol. The van der Waals surface area contributed by atoms with E-state index in [1.54, 1.807) is 7.11 Å². The first-order valence-corrected chi connectivity index (χ1v) is 11.7. The molecule has 0 saturated carbocycles. The monoisotopic (exact) mass is 471 g/mol. The molecule has 0 fully saturated rings. The fraction of sp³-hybridized carbons (Fsp3) is 0.143. The van der Waals surface area contributed by atoms with Crippen LogP contribution in [0.15, 0.2) is 96.4 Å². The number of benzene rings is 3. The summed E-state index contributed by atoms with van der Waals surface area (Å²) in [4.78, 5) is 26.6. The summed E-state index contributed by atoms with van der Waals surface area (Å²) in [5, 5.41) is 4.83. The second-order valence-corrected chi connectivity index (χ2v) is 8.60. The van der Waals surface area contributed by atoms with Gasteiger partial charge in [-0.2, -0.15) is 0 Å². The molecule has 0 spiro atoms. The molecule has 0 aliphatic rings.